The SMILES string of the molecule is CCCNC(=O)C(C)NCCSCCCO. The Hall–Kier alpha value is -0.260. The van der Waals surface area contributed by atoms with Gasteiger partial charge < -0.3 is 15.7 Å². The molecular formula is C11H24N2O2S. The summed E-state index contributed by atoms with van der Waals surface area (Å²) >= 11 is 1.80. The molecule has 0 spiro atoms. The van der Waals surface area contributed by atoms with Crippen LogP contribution in [0.5, 0.6) is 0 Å². The predicted molar refractivity (Wildman–Crippen MR) is 69.8 cm³/mol. The maximum absolute atomic E-state index is 11.5. The molecule has 3 N–H and O–H groups in total. The molecule has 96 valence electrons. The number of aliphatic hydroxyl groups excluding tert-OH is 1. The van der Waals surface area contributed by atoms with Crippen molar-refractivity contribution in [2.45, 2.75) is 32.7 Å². The van der Waals surface area contributed by atoms with Crippen molar-refractivity contribution in [3.8, 4) is 0 Å². The molecule has 0 radical (unpaired) electrons. The van der Waals surface area contributed by atoms with Gasteiger partial charge in [0.05, 0.1) is 6.04 Å². The second-order valence-corrected chi connectivity index (χ2v) is 4.88. The predicted octanol–water partition coefficient (Wildman–Crippen LogP) is 0.606. The minimum absolute atomic E-state index is 0.0715. The summed E-state index contributed by atoms with van der Waals surface area (Å²) in [6.45, 7) is 5.75. The van der Waals surface area contributed by atoms with Gasteiger partial charge in [-0.3, -0.25) is 4.79 Å². The van der Waals surface area contributed by atoms with Crippen LogP contribution in [0.15, 0.2) is 0 Å². The van der Waals surface area contributed by atoms with E-state index in [2.05, 4.69) is 10.6 Å². The van der Waals surface area contributed by atoms with E-state index in [9.17, 15) is 4.79 Å². The molecule has 1 unspecified atom stereocenters. The molecule has 0 aromatic carbocycles. The molecule has 0 bridgehead atoms. The molecule has 0 heterocycles. The second-order valence-electron chi connectivity index (χ2n) is 3.66. The summed E-state index contributed by atoms with van der Waals surface area (Å²) in [6.07, 6.45) is 1.81. The van der Waals surface area contributed by atoms with Gasteiger partial charge in [-0.2, -0.15) is 11.8 Å². The van der Waals surface area contributed by atoms with Crippen LogP contribution in [0.3, 0.4) is 0 Å². The van der Waals surface area contributed by atoms with Gasteiger partial charge in [-0.25, -0.2) is 0 Å². The van der Waals surface area contributed by atoms with Crippen molar-refractivity contribution in [3.05, 3.63) is 0 Å². The van der Waals surface area contributed by atoms with Crippen molar-refractivity contribution in [1.29, 1.82) is 0 Å². The summed E-state index contributed by atoms with van der Waals surface area (Å²) in [6, 6.07) is -0.120. The lowest BCUT2D eigenvalue weighted by atomic mass is 10.3. The molecule has 0 saturated carbocycles. The van der Waals surface area contributed by atoms with Crippen LogP contribution in [0.1, 0.15) is 26.7 Å². The molecule has 0 aliphatic carbocycles. The quantitative estimate of drug-likeness (QED) is 0.496. The largest absolute Gasteiger partial charge is 0.396 e. The van der Waals surface area contributed by atoms with Crippen LogP contribution in [0.2, 0.25) is 0 Å². The Morgan fingerprint density at radius 1 is 1.38 bits per heavy atom. The van der Waals surface area contributed by atoms with Gasteiger partial charge in [0.2, 0.25) is 5.91 Å². The second kappa shape index (κ2) is 11.2. The molecule has 0 rings (SSSR count). The molecule has 0 aliphatic rings. The number of amides is 1. The minimum atomic E-state index is -0.120. The summed E-state index contributed by atoms with van der Waals surface area (Å²) in [5.74, 6) is 2.03. The Kier molecular flexibility index (Phi) is 11.0. The van der Waals surface area contributed by atoms with Crippen LogP contribution < -0.4 is 10.6 Å². The molecule has 0 aromatic rings. The first-order valence-electron chi connectivity index (χ1n) is 5.92. The summed E-state index contributed by atoms with van der Waals surface area (Å²) in [4.78, 5) is 11.5. The van der Waals surface area contributed by atoms with Crippen LogP contribution in [-0.2, 0) is 4.79 Å². The molecule has 0 aromatic heterocycles. The first-order chi connectivity index (χ1) is 7.72. The van der Waals surface area contributed by atoms with Gasteiger partial charge in [0.25, 0.3) is 0 Å². The first kappa shape index (κ1) is 15.7. The standard InChI is InChI=1S/C11H24N2O2S/c1-3-5-13-11(15)10(2)12-6-9-16-8-4-7-14/h10,12,14H,3-9H2,1-2H3,(H,13,15). The zero-order valence-electron chi connectivity index (χ0n) is 10.3. The van der Waals surface area contributed by atoms with Crippen molar-refractivity contribution in [2.24, 2.45) is 0 Å². The van der Waals surface area contributed by atoms with Crippen LogP contribution in [0, 0.1) is 0 Å². The molecule has 0 aliphatic heterocycles. The topological polar surface area (TPSA) is 61.4 Å². The number of rotatable bonds is 10. The first-order valence-corrected chi connectivity index (χ1v) is 7.07. The third-order valence-electron chi connectivity index (χ3n) is 2.09. The van der Waals surface area contributed by atoms with E-state index in [0.29, 0.717) is 0 Å². The Labute approximate surface area is 103 Å². The lowest BCUT2D eigenvalue weighted by Crippen LogP contribution is -2.43. The van der Waals surface area contributed by atoms with E-state index in [0.717, 1.165) is 37.4 Å². The number of thioether (sulfide) groups is 1. The Bertz CT molecular complexity index is 179. The fraction of sp³-hybridized carbons (Fsp3) is 0.909. The average molecular weight is 248 g/mol. The number of hydrogen-bond acceptors (Lipinski definition) is 4. The Balaban J connectivity index is 3.35. The molecule has 4 nitrogen and oxygen atoms in total. The van der Waals surface area contributed by atoms with E-state index in [1.165, 1.54) is 0 Å². The molecule has 0 fully saturated rings. The van der Waals surface area contributed by atoms with Gasteiger partial charge in [-0.1, -0.05) is 6.92 Å². The fourth-order valence-electron chi connectivity index (χ4n) is 1.11. The van der Waals surface area contributed by atoms with Crippen LogP contribution >= 0.6 is 11.8 Å². The van der Waals surface area contributed by atoms with Crippen LogP contribution in [0.4, 0.5) is 0 Å². The molecule has 5 heteroatoms. The van der Waals surface area contributed by atoms with E-state index in [4.69, 9.17) is 5.11 Å². The van der Waals surface area contributed by atoms with Gasteiger partial charge in [0.1, 0.15) is 0 Å². The van der Waals surface area contributed by atoms with Crippen molar-refractivity contribution >= 4 is 17.7 Å². The summed E-state index contributed by atoms with van der Waals surface area (Å²) in [7, 11) is 0. The summed E-state index contributed by atoms with van der Waals surface area (Å²) in [5, 5.41) is 14.6. The van der Waals surface area contributed by atoms with Gasteiger partial charge in [-0.15, -0.1) is 0 Å². The Morgan fingerprint density at radius 2 is 2.12 bits per heavy atom. The van der Waals surface area contributed by atoms with Crippen molar-refractivity contribution < 1.29 is 9.90 Å². The van der Waals surface area contributed by atoms with E-state index >= 15 is 0 Å². The van der Waals surface area contributed by atoms with Crippen LogP contribution in [0.25, 0.3) is 0 Å². The number of carbonyl (C=O) groups excluding carboxylic acids is 1. The maximum Gasteiger partial charge on any atom is 0.236 e. The lowest BCUT2D eigenvalue weighted by Gasteiger charge is -2.13. The van der Waals surface area contributed by atoms with Crippen molar-refractivity contribution in [2.75, 3.05) is 31.2 Å². The highest BCUT2D eigenvalue weighted by atomic mass is 32.2. The molecular weight excluding hydrogens is 224 g/mol. The van der Waals surface area contributed by atoms with Gasteiger partial charge in [0, 0.05) is 25.4 Å². The molecule has 1 amide bonds. The number of hydrogen-bond donors (Lipinski definition) is 3. The highest BCUT2D eigenvalue weighted by molar-refractivity contribution is 7.99. The smallest absolute Gasteiger partial charge is 0.236 e. The molecule has 0 saturated heterocycles. The normalized spacial score (nSPS) is 12.4. The van der Waals surface area contributed by atoms with Gasteiger partial charge in [-0.05, 0) is 25.5 Å². The lowest BCUT2D eigenvalue weighted by molar-refractivity contribution is -0.122. The summed E-state index contributed by atoms with van der Waals surface area (Å²) < 4.78 is 0. The van der Waals surface area contributed by atoms with Gasteiger partial charge in [0.15, 0.2) is 0 Å². The number of carbonyl (C=O) groups is 1. The maximum atomic E-state index is 11.5. The Morgan fingerprint density at radius 3 is 2.75 bits per heavy atom. The monoisotopic (exact) mass is 248 g/mol. The fourth-order valence-corrected chi connectivity index (χ4v) is 1.91. The summed E-state index contributed by atoms with van der Waals surface area (Å²) in [5.41, 5.74) is 0. The zero-order chi connectivity index (χ0) is 12.2. The van der Waals surface area contributed by atoms with E-state index in [-0.39, 0.29) is 18.6 Å². The molecule has 1 atom stereocenters. The van der Waals surface area contributed by atoms with Crippen LogP contribution in [-0.4, -0.2) is 48.3 Å². The average Bonchev–Trinajstić information content (AvgIpc) is 2.30. The third kappa shape index (κ3) is 9.00. The van der Waals surface area contributed by atoms with E-state index in [1.54, 1.807) is 11.8 Å². The van der Waals surface area contributed by atoms with Crippen molar-refractivity contribution in [1.82, 2.24) is 10.6 Å². The van der Waals surface area contributed by atoms with Gasteiger partial charge >= 0.3 is 0 Å². The third-order valence-corrected chi connectivity index (χ3v) is 3.16. The highest BCUT2D eigenvalue weighted by Gasteiger charge is 2.09. The van der Waals surface area contributed by atoms with Crippen molar-refractivity contribution in [3.63, 3.8) is 0 Å². The highest BCUT2D eigenvalue weighted by Crippen LogP contribution is 2.00. The zero-order valence-corrected chi connectivity index (χ0v) is 11.1. The number of aliphatic hydroxyl groups is 1. The number of nitrogens with one attached hydrogen (secondary N) is 2. The van der Waals surface area contributed by atoms with E-state index < -0.39 is 0 Å². The molecule has 16 heavy (non-hydrogen) atoms. The van der Waals surface area contributed by atoms with E-state index in [1.807, 2.05) is 13.8 Å². The minimum Gasteiger partial charge on any atom is -0.396 e.